The van der Waals surface area contributed by atoms with Crippen molar-refractivity contribution >= 4 is 11.6 Å². The van der Waals surface area contributed by atoms with Crippen LogP contribution in [-0.4, -0.2) is 24.3 Å². The van der Waals surface area contributed by atoms with Gasteiger partial charge in [0.2, 0.25) is 0 Å². The second-order valence-corrected chi connectivity index (χ2v) is 7.08. The third kappa shape index (κ3) is 3.50. The Hall–Kier alpha value is -2.57. The standard InChI is InChI=1S/C21H24N2O4/c1-26-19-9-8-16(11-20(19)27-17-4-2-3-5-17)23-13-15-7-6-14(12-22-25)10-18(15)21(23)24/h6-11,17,22,25H,2-5,12-13H2,1H3. The summed E-state index contributed by atoms with van der Waals surface area (Å²) in [6, 6.07) is 11.3. The molecule has 0 aromatic heterocycles. The number of methoxy groups -OCH3 is 1. The Bertz CT molecular complexity index is 846. The summed E-state index contributed by atoms with van der Waals surface area (Å²) in [5, 5.41) is 8.89. The van der Waals surface area contributed by atoms with E-state index in [-0.39, 0.29) is 12.0 Å². The quantitative estimate of drug-likeness (QED) is 0.762. The Morgan fingerprint density at radius 1 is 1.15 bits per heavy atom. The lowest BCUT2D eigenvalue weighted by Crippen LogP contribution is -2.23. The van der Waals surface area contributed by atoms with Gasteiger partial charge in [0.15, 0.2) is 11.5 Å². The SMILES string of the molecule is COc1ccc(N2Cc3ccc(CNO)cc3C2=O)cc1OC1CCCC1. The molecule has 0 saturated heterocycles. The van der Waals surface area contributed by atoms with E-state index in [2.05, 4.69) is 5.48 Å². The summed E-state index contributed by atoms with van der Waals surface area (Å²) >= 11 is 0. The Labute approximate surface area is 158 Å². The molecule has 4 rings (SSSR count). The van der Waals surface area contributed by atoms with Crippen LogP contribution in [0.25, 0.3) is 0 Å². The zero-order valence-corrected chi connectivity index (χ0v) is 15.4. The molecule has 1 fully saturated rings. The van der Waals surface area contributed by atoms with Crippen molar-refractivity contribution in [3.05, 3.63) is 53.1 Å². The zero-order chi connectivity index (χ0) is 18.8. The summed E-state index contributed by atoms with van der Waals surface area (Å²) < 4.78 is 11.6. The zero-order valence-electron chi connectivity index (χ0n) is 15.4. The molecule has 6 nitrogen and oxygen atoms in total. The molecule has 27 heavy (non-hydrogen) atoms. The van der Waals surface area contributed by atoms with E-state index in [1.807, 2.05) is 36.4 Å². The fraction of sp³-hybridized carbons (Fsp3) is 0.381. The van der Waals surface area contributed by atoms with Crippen molar-refractivity contribution in [1.29, 1.82) is 0 Å². The van der Waals surface area contributed by atoms with Gasteiger partial charge in [0.25, 0.3) is 5.91 Å². The van der Waals surface area contributed by atoms with Gasteiger partial charge in [0.1, 0.15) is 0 Å². The van der Waals surface area contributed by atoms with Crippen LogP contribution in [0, 0.1) is 0 Å². The minimum absolute atomic E-state index is 0.0400. The smallest absolute Gasteiger partial charge is 0.258 e. The Morgan fingerprint density at radius 3 is 2.70 bits per heavy atom. The van der Waals surface area contributed by atoms with Crippen LogP contribution >= 0.6 is 0 Å². The average Bonchev–Trinajstić information content (AvgIpc) is 3.30. The first-order valence-electron chi connectivity index (χ1n) is 9.35. The number of anilines is 1. The van der Waals surface area contributed by atoms with Crippen molar-refractivity contribution in [2.24, 2.45) is 0 Å². The number of carbonyl (C=O) groups is 1. The monoisotopic (exact) mass is 368 g/mol. The minimum atomic E-state index is -0.0400. The first-order valence-corrected chi connectivity index (χ1v) is 9.35. The largest absolute Gasteiger partial charge is 0.493 e. The number of hydrogen-bond donors (Lipinski definition) is 2. The number of amides is 1. The maximum Gasteiger partial charge on any atom is 0.258 e. The molecule has 1 aliphatic heterocycles. The van der Waals surface area contributed by atoms with Crippen molar-refractivity contribution in [3.8, 4) is 11.5 Å². The van der Waals surface area contributed by atoms with E-state index >= 15 is 0 Å². The molecule has 0 bridgehead atoms. The van der Waals surface area contributed by atoms with E-state index in [1.165, 1.54) is 12.8 Å². The van der Waals surface area contributed by atoms with Gasteiger partial charge in [-0.05, 0) is 55.0 Å². The summed E-state index contributed by atoms with van der Waals surface area (Å²) in [5.41, 5.74) is 5.46. The summed E-state index contributed by atoms with van der Waals surface area (Å²) in [6.45, 7) is 0.832. The Balaban J connectivity index is 1.60. The highest BCUT2D eigenvalue weighted by molar-refractivity contribution is 6.10. The molecule has 0 atom stereocenters. The lowest BCUT2D eigenvalue weighted by molar-refractivity contribution is 0.0996. The lowest BCUT2D eigenvalue weighted by Gasteiger charge is -2.20. The van der Waals surface area contributed by atoms with Gasteiger partial charge in [0, 0.05) is 23.9 Å². The molecule has 2 aliphatic rings. The number of fused-ring (bicyclic) bond motifs is 1. The van der Waals surface area contributed by atoms with Crippen LogP contribution < -0.4 is 19.9 Å². The molecule has 2 N–H and O–H groups in total. The van der Waals surface area contributed by atoms with Crippen molar-refractivity contribution in [2.45, 2.75) is 44.9 Å². The fourth-order valence-electron chi connectivity index (χ4n) is 3.87. The second kappa shape index (κ2) is 7.58. The molecule has 1 heterocycles. The van der Waals surface area contributed by atoms with Crippen LogP contribution in [0.2, 0.25) is 0 Å². The van der Waals surface area contributed by atoms with Crippen LogP contribution in [0.3, 0.4) is 0 Å². The summed E-state index contributed by atoms with van der Waals surface area (Å²) in [6.07, 6.45) is 4.72. The number of carbonyl (C=O) groups excluding carboxylic acids is 1. The van der Waals surface area contributed by atoms with Gasteiger partial charge in [0.05, 0.1) is 19.8 Å². The van der Waals surface area contributed by atoms with E-state index in [1.54, 1.807) is 12.0 Å². The number of hydroxylamine groups is 1. The van der Waals surface area contributed by atoms with E-state index < -0.39 is 0 Å². The minimum Gasteiger partial charge on any atom is -0.493 e. The molecular formula is C21H24N2O4. The molecule has 0 radical (unpaired) electrons. The first kappa shape index (κ1) is 17.8. The third-order valence-electron chi connectivity index (χ3n) is 5.32. The summed E-state index contributed by atoms with van der Waals surface area (Å²) in [4.78, 5) is 14.7. The maximum atomic E-state index is 12.9. The molecule has 1 saturated carbocycles. The van der Waals surface area contributed by atoms with Gasteiger partial charge in [-0.25, -0.2) is 5.48 Å². The van der Waals surface area contributed by atoms with Crippen molar-refractivity contribution < 1.29 is 19.5 Å². The van der Waals surface area contributed by atoms with Gasteiger partial charge in [-0.3, -0.25) is 4.79 Å². The maximum absolute atomic E-state index is 12.9. The topological polar surface area (TPSA) is 71.0 Å². The van der Waals surface area contributed by atoms with Crippen molar-refractivity contribution in [3.63, 3.8) is 0 Å². The highest BCUT2D eigenvalue weighted by atomic mass is 16.5. The molecule has 0 spiro atoms. The molecule has 1 amide bonds. The molecule has 6 heteroatoms. The highest BCUT2D eigenvalue weighted by Crippen LogP contribution is 2.37. The van der Waals surface area contributed by atoms with Crippen LogP contribution in [0.4, 0.5) is 5.69 Å². The molecule has 1 aliphatic carbocycles. The van der Waals surface area contributed by atoms with E-state index in [9.17, 15) is 4.79 Å². The van der Waals surface area contributed by atoms with Crippen LogP contribution in [0.5, 0.6) is 11.5 Å². The van der Waals surface area contributed by atoms with Crippen LogP contribution in [0.1, 0.15) is 47.2 Å². The lowest BCUT2D eigenvalue weighted by atomic mass is 10.1. The first-order chi connectivity index (χ1) is 13.2. The van der Waals surface area contributed by atoms with Crippen LogP contribution in [-0.2, 0) is 13.1 Å². The number of ether oxygens (including phenoxy) is 2. The number of nitrogens with zero attached hydrogens (tertiary/aromatic N) is 1. The predicted molar refractivity (Wildman–Crippen MR) is 101 cm³/mol. The van der Waals surface area contributed by atoms with Crippen LogP contribution in [0.15, 0.2) is 36.4 Å². The summed E-state index contributed by atoms with van der Waals surface area (Å²) in [7, 11) is 1.63. The Morgan fingerprint density at radius 2 is 1.96 bits per heavy atom. The van der Waals surface area contributed by atoms with Gasteiger partial charge < -0.3 is 19.6 Å². The fourth-order valence-corrected chi connectivity index (χ4v) is 3.87. The van der Waals surface area contributed by atoms with E-state index in [0.29, 0.717) is 30.2 Å². The van der Waals surface area contributed by atoms with Gasteiger partial charge >= 0.3 is 0 Å². The highest BCUT2D eigenvalue weighted by Gasteiger charge is 2.29. The van der Waals surface area contributed by atoms with Crippen molar-refractivity contribution in [1.82, 2.24) is 5.48 Å². The number of rotatable bonds is 6. The summed E-state index contributed by atoms with van der Waals surface area (Å²) in [5.74, 6) is 1.34. The van der Waals surface area contributed by atoms with Gasteiger partial charge in [-0.1, -0.05) is 12.1 Å². The molecular weight excluding hydrogens is 344 g/mol. The van der Waals surface area contributed by atoms with Gasteiger partial charge in [-0.2, -0.15) is 0 Å². The van der Waals surface area contributed by atoms with E-state index in [0.717, 1.165) is 29.7 Å². The molecule has 0 unspecified atom stereocenters. The van der Waals surface area contributed by atoms with Crippen molar-refractivity contribution in [2.75, 3.05) is 12.0 Å². The molecule has 142 valence electrons. The third-order valence-corrected chi connectivity index (χ3v) is 5.32. The molecule has 2 aromatic carbocycles. The normalized spacial score (nSPS) is 16.7. The van der Waals surface area contributed by atoms with Gasteiger partial charge in [-0.15, -0.1) is 0 Å². The predicted octanol–water partition coefficient (Wildman–Crippen LogP) is 3.66. The number of hydrogen-bond acceptors (Lipinski definition) is 5. The second-order valence-electron chi connectivity index (χ2n) is 7.08. The van der Waals surface area contributed by atoms with E-state index in [4.69, 9.17) is 14.7 Å². The number of nitrogens with one attached hydrogen (secondary N) is 1. The number of benzene rings is 2. The Kier molecular flexibility index (Phi) is 5.01. The average molecular weight is 368 g/mol. The molecule has 2 aromatic rings.